The van der Waals surface area contributed by atoms with E-state index in [1.54, 1.807) is 12.4 Å². The lowest BCUT2D eigenvalue weighted by molar-refractivity contribution is -0.162. The lowest BCUT2D eigenvalue weighted by Gasteiger charge is -2.23. The van der Waals surface area contributed by atoms with Crippen molar-refractivity contribution in [1.29, 1.82) is 10.7 Å². The van der Waals surface area contributed by atoms with Crippen molar-refractivity contribution in [2.75, 3.05) is 24.7 Å². The monoisotopic (exact) mass is 415 g/mol. The molecule has 1 aliphatic rings. The molecule has 0 amide bonds. The Balaban J connectivity index is 1.44. The number of nitrogens with one attached hydrogen (secondary N) is 2. The van der Waals surface area contributed by atoms with E-state index in [2.05, 4.69) is 10.3 Å². The van der Waals surface area contributed by atoms with Gasteiger partial charge in [0.1, 0.15) is 0 Å². The van der Waals surface area contributed by atoms with E-state index in [0.29, 0.717) is 0 Å². The van der Waals surface area contributed by atoms with Crippen LogP contribution in [-0.2, 0) is 9.47 Å². The Kier molecular flexibility index (Phi) is 12.6. The molecule has 1 unspecified atom stereocenters. The Labute approximate surface area is 181 Å². The van der Waals surface area contributed by atoms with Crippen molar-refractivity contribution >= 4 is 11.6 Å². The minimum Gasteiger partial charge on any atom is -0.353 e. The van der Waals surface area contributed by atoms with Gasteiger partial charge < -0.3 is 14.4 Å². The first-order valence-electron chi connectivity index (χ1n) is 11.5. The van der Waals surface area contributed by atoms with Gasteiger partial charge in [-0.05, 0) is 44.2 Å². The lowest BCUT2D eigenvalue weighted by atomic mass is 10.1. The molecule has 1 aromatic heterocycles. The van der Waals surface area contributed by atoms with Gasteiger partial charge in [-0.1, -0.05) is 44.9 Å². The molecule has 166 valence electrons. The van der Waals surface area contributed by atoms with Crippen molar-refractivity contribution < 1.29 is 9.47 Å². The number of hydrogen-bond donors (Lipinski definition) is 2. The molecule has 7 heteroatoms. The molecular weight excluding hydrogens is 378 g/mol. The zero-order chi connectivity index (χ0) is 21.3. The average molecular weight is 416 g/mol. The number of unbranched alkanes of at least 4 members (excludes halogenated alkanes) is 8. The normalized spacial score (nSPS) is 16.0. The van der Waals surface area contributed by atoms with Gasteiger partial charge in [0.05, 0.1) is 0 Å². The van der Waals surface area contributed by atoms with E-state index in [1.807, 2.05) is 23.2 Å². The predicted molar refractivity (Wildman–Crippen MR) is 119 cm³/mol. The summed E-state index contributed by atoms with van der Waals surface area (Å²) >= 11 is 0. The highest BCUT2D eigenvalue weighted by molar-refractivity contribution is 5.94. The maximum Gasteiger partial charge on any atom is 0.209 e. The summed E-state index contributed by atoms with van der Waals surface area (Å²) in [6.07, 6.45) is 19.6. The summed E-state index contributed by atoms with van der Waals surface area (Å²) in [6.45, 7) is 2.41. The van der Waals surface area contributed by atoms with E-state index < -0.39 is 0 Å². The molecule has 0 bridgehead atoms. The van der Waals surface area contributed by atoms with E-state index in [-0.39, 0.29) is 12.2 Å². The smallest absolute Gasteiger partial charge is 0.209 e. The summed E-state index contributed by atoms with van der Waals surface area (Å²) in [4.78, 5) is 5.85. The average Bonchev–Trinajstić information content (AvgIpc) is 2.78. The molecule has 1 aliphatic heterocycles. The largest absolute Gasteiger partial charge is 0.353 e. The highest BCUT2D eigenvalue weighted by atomic mass is 16.7. The maximum atomic E-state index is 8.80. The number of nitrogens with zero attached hydrogens (tertiary/aromatic N) is 3. The summed E-state index contributed by atoms with van der Waals surface area (Å²) in [5, 5.41) is 19.3. The summed E-state index contributed by atoms with van der Waals surface area (Å²) < 4.78 is 11.3. The Morgan fingerprint density at radius 3 is 2.40 bits per heavy atom. The molecule has 0 spiro atoms. The van der Waals surface area contributed by atoms with Crippen LogP contribution in [0.4, 0.5) is 5.69 Å². The molecule has 1 atom stereocenters. The molecule has 0 saturated carbocycles. The minimum atomic E-state index is 0.0487. The first-order valence-corrected chi connectivity index (χ1v) is 11.5. The van der Waals surface area contributed by atoms with Gasteiger partial charge in [-0.25, -0.2) is 0 Å². The van der Waals surface area contributed by atoms with Crippen molar-refractivity contribution in [1.82, 2.24) is 10.3 Å². The first kappa shape index (κ1) is 24.1. The summed E-state index contributed by atoms with van der Waals surface area (Å²) in [7, 11) is 0. The van der Waals surface area contributed by atoms with E-state index in [1.165, 1.54) is 51.4 Å². The van der Waals surface area contributed by atoms with Crippen LogP contribution >= 0.6 is 0 Å². The third kappa shape index (κ3) is 10.0. The van der Waals surface area contributed by atoms with Gasteiger partial charge in [-0.15, -0.1) is 0 Å². The van der Waals surface area contributed by atoms with E-state index in [0.717, 1.165) is 51.1 Å². The number of guanidine groups is 1. The van der Waals surface area contributed by atoms with Gasteiger partial charge in [0.15, 0.2) is 12.5 Å². The van der Waals surface area contributed by atoms with Crippen LogP contribution in [0.25, 0.3) is 0 Å². The van der Waals surface area contributed by atoms with Gasteiger partial charge in [0.25, 0.3) is 0 Å². The second-order valence-corrected chi connectivity index (χ2v) is 7.79. The summed E-state index contributed by atoms with van der Waals surface area (Å²) in [5.41, 5.74) is 0.886. The number of hydrogen-bond acceptors (Lipinski definition) is 5. The Morgan fingerprint density at radius 2 is 1.77 bits per heavy atom. The van der Waals surface area contributed by atoms with Gasteiger partial charge in [0.2, 0.25) is 5.96 Å². The molecule has 0 aliphatic carbocycles. The predicted octanol–water partition coefficient (Wildman–Crippen LogP) is 4.95. The zero-order valence-electron chi connectivity index (χ0n) is 18.2. The van der Waals surface area contributed by atoms with Crippen molar-refractivity contribution in [3.05, 3.63) is 24.5 Å². The highest BCUT2D eigenvalue weighted by Gasteiger charge is 2.13. The van der Waals surface area contributed by atoms with Gasteiger partial charge >= 0.3 is 0 Å². The molecule has 0 radical (unpaired) electrons. The van der Waals surface area contributed by atoms with Gasteiger partial charge in [0, 0.05) is 37.8 Å². The molecule has 1 saturated heterocycles. The summed E-state index contributed by atoms with van der Waals surface area (Å²) in [6, 6.07) is 3.72. The topological polar surface area (TPSA) is 94.3 Å². The number of ether oxygens (including phenoxy) is 2. The minimum absolute atomic E-state index is 0.0487. The number of pyridine rings is 1. The van der Waals surface area contributed by atoms with E-state index in [9.17, 15) is 0 Å². The fourth-order valence-corrected chi connectivity index (χ4v) is 3.68. The molecule has 7 nitrogen and oxygen atoms in total. The fraction of sp³-hybridized carbons (Fsp3) is 0.696. The molecule has 0 aromatic carbocycles. The molecular formula is C23H37N5O2. The molecule has 2 heterocycles. The zero-order valence-corrected chi connectivity index (χ0v) is 18.2. The first-order chi connectivity index (χ1) is 14.8. The van der Waals surface area contributed by atoms with Gasteiger partial charge in [-0.3, -0.25) is 15.7 Å². The number of anilines is 1. The quantitative estimate of drug-likeness (QED) is 0.147. The Hall–Kier alpha value is -2.17. The third-order valence-corrected chi connectivity index (χ3v) is 5.39. The second kappa shape index (κ2) is 15.6. The lowest BCUT2D eigenvalue weighted by Crippen LogP contribution is -2.39. The second-order valence-electron chi connectivity index (χ2n) is 7.79. The highest BCUT2D eigenvalue weighted by Crippen LogP contribution is 2.16. The molecule has 2 rings (SSSR count). The van der Waals surface area contributed by atoms with Crippen LogP contribution in [0.3, 0.4) is 0 Å². The van der Waals surface area contributed by atoms with Crippen LogP contribution in [0.15, 0.2) is 24.5 Å². The standard InChI is InChI=1S/C23H37N5O2/c24-20-27-23(25)28(21-13-15-26-16-14-21)17-9-6-4-2-1-3-5-7-10-18-29-22-12-8-11-19-30-22/h13-16,22H,1-12,17-19H2,(H2,25,27). The van der Waals surface area contributed by atoms with Crippen molar-refractivity contribution in [3.8, 4) is 6.19 Å². The van der Waals surface area contributed by atoms with Crippen LogP contribution in [0.2, 0.25) is 0 Å². The SMILES string of the molecule is N#CNC(=N)N(CCCCCCCCCCCOC1CCCCO1)c1ccncc1. The van der Waals surface area contributed by atoms with Crippen LogP contribution < -0.4 is 10.2 Å². The van der Waals surface area contributed by atoms with Gasteiger partial charge in [-0.2, -0.15) is 5.26 Å². The molecule has 30 heavy (non-hydrogen) atoms. The van der Waals surface area contributed by atoms with Crippen LogP contribution in [0, 0.1) is 16.9 Å². The van der Waals surface area contributed by atoms with Crippen molar-refractivity contribution in [2.45, 2.75) is 83.3 Å². The third-order valence-electron chi connectivity index (χ3n) is 5.39. The summed E-state index contributed by atoms with van der Waals surface area (Å²) in [5.74, 6) is 0.114. The fourth-order valence-electron chi connectivity index (χ4n) is 3.68. The van der Waals surface area contributed by atoms with Crippen molar-refractivity contribution in [3.63, 3.8) is 0 Å². The molecule has 1 fully saturated rings. The van der Waals surface area contributed by atoms with E-state index in [4.69, 9.17) is 20.1 Å². The Bertz CT molecular complexity index is 614. The van der Waals surface area contributed by atoms with Crippen LogP contribution in [0.1, 0.15) is 77.0 Å². The van der Waals surface area contributed by atoms with E-state index >= 15 is 0 Å². The molecule has 1 aromatic rings. The molecule has 2 N–H and O–H groups in total. The number of nitriles is 1. The van der Waals surface area contributed by atoms with Crippen molar-refractivity contribution in [2.24, 2.45) is 0 Å². The number of aromatic nitrogens is 1. The maximum absolute atomic E-state index is 8.80. The number of rotatable bonds is 14. The van der Waals surface area contributed by atoms with Crippen LogP contribution in [-0.4, -0.2) is 37.0 Å². The van der Waals surface area contributed by atoms with Crippen LogP contribution in [0.5, 0.6) is 0 Å². The Morgan fingerprint density at radius 1 is 1.10 bits per heavy atom.